The van der Waals surface area contributed by atoms with Crippen molar-refractivity contribution < 1.29 is 32.3 Å². The lowest BCUT2D eigenvalue weighted by molar-refractivity contribution is -0.137. The van der Waals surface area contributed by atoms with Crippen LogP contribution < -0.4 is 4.74 Å². The van der Waals surface area contributed by atoms with Crippen LogP contribution in [0.4, 0.5) is 13.2 Å². The largest absolute Gasteiger partial charge is 0.486 e. The second-order valence-corrected chi connectivity index (χ2v) is 7.49. The van der Waals surface area contributed by atoms with E-state index < -0.39 is 11.7 Å². The number of carbonyl (C=O) groups is 3. The predicted octanol–water partition coefficient (Wildman–Crippen LogP) is 2.81. The highest BCUT2D eigenvalue weighted by Crippen LogP contribution is 2.29. The minimum Gasteiger partial charge on any atom is -0.486 e. The van der Waals surface area contributed by atoms with E-state index in [1.807, 2.05) is 0 Å². The van der Waals surface area contributed by atoms with E-state index in [2.05, 4.69) is 0 Å². The number of ketones is 1. The van der Waals surface area contributed by atoms with Gasteiger partial charge in [-0.15, -0.1) is 0 Å². The van der Waals surface area contributed by atoms with E-state index in [9.17, 15) is 27.6 Å². The first-order chi connectivity index (χ1) is 14.7. The maximum absolute atomic E-state index is 12.8. The van der Waals surface area contributed by atoms with Crippen LogP contribution in [0.5, 0.6) is 5.75 Å². The molecule has 0 saturated carbocycles. The van der Waals surface area contributed by atoms with E-state index >= 15 is 0 Å². The summed E-state index contributed by atoms with van der Waals surface area (Å²) in [7, 11) is 0. The van der Waals surface area contributed by atoms with Gasteiger partial charge in [-0.25, -0.2) is 0 Å². The Morgan fingerprint density at radius 1 is 0.839 bits per heavy atom. The van der Waals surface area contributed by atoms with Gasteiger partial charge in [0.25, 0.3) is 11.8 Å². The zero-order chi connectivity index (χ0) is 22.2. The summed E-state index contributed by atoms with van der Waals surface area (Å²) in [6.45, 7) is 1.20. The second-order valence-electron chi connectivity index (χ2n) is 7.49. The van der Waals surface area contributed by atoms with Crippen LogP contribution in [-0.4, -0.2) is 60.2 Å². The summed E-state index contributed by atoms with van der Waals surface area (Å²) >= 11 is 0. The fourth-order valence-corrected chi connectivity index (χ4v) is 3.69. The Morgan fingerprint density at radius 3 is 1.97 bits per heavy atom. The number of nitrogens with zero attached hydrogens (tertiary/aromatic N) is 2. The molecular formula is C22H19F3N2O4. The molecule has 2 amide bonds. The molecule has 0 N–H and O–H groups in total. The number of hydrogen-bond acceptors (Lipinski definition) is 4. The molecule has 0 unspecified atom stereocenters. The van der Waals surface area contributed by atoms with Gasteiger partial charge in [-0.2, -0.15) is 13.2 Å². The summed E-state index contributed by atoms with van der Waals surface area (Å²) in [5.41, 5.74) is 0.488. The molecule has 6 nitrogen and oxygen atoms in total. The van der Waals surface area contributed by atoms with Crippen molar-refractivity contribution in [3.8, 4) is 5.75 Å². The van der Waals surface area contributed by atoms with Crippen molar-refractivity contribution in [2.24, 2.45) is 0 Å². The number of hydrogen-bond donors (Lipinski definition) is 0. The van der Waals surface area contributed by atoms with E-state index in [0.29, 0.717) is 30.0 Å². The highest BCUT2D eigenvalue weighted by atomic mass is 19.4. The number of amides is 2. The van der Waals surface area contributed by atoms with Crippen molar-refractivity contribution >= 4 is 17.6 Å². The van der Waals surface area contributed by atoms with Crippen LogP contribution in [0.1, 0.15) is 31.8 Å². The molecule has 1 fully saturated rings. The lowest BCUT2D eigenvalue weighted by Gasteiger charge is -2.35. The molecule has 0 radical (unpaired) electrons. The third-order valence-electron chi connectivity index (χ3n) is 5.40. The molecule has 0 aliphatic carbocycles. The van der Waals surface area contributed by atoms with Gasteiger partial charge in [-0.3, -0.25) is 14.4 Å². The molecular weight excluding hydrogens is 413 g/mol. The summed E-state index contributed by atoms with van der Waals surface area (Å²) in [5.74, 6) is -0.0247. The number of rotatable bonds is 2. The van der Waals surface area contributed by atoms with Crippen molar-refractivity contribution in [2.45, 2.75) is 12.6 Å². The first-order valence-electron chi connectivity index (χ1n) is 9.75. The number of halogens is 3. The molecule has 31 heavy (non-hydrogen) atoms. The first kappa shape index (κ1) is 20.9. The highest BCUT2D eigenvalue weighted by molar-refractivity contribution is 5.96. The number of fused-ring (bicyclic) bond motifs is 1. The summed E-state index contributed by atoms with van der Waals surface area (Å²) in [4.78, 5) is 40.1. The molecule has 0 atom stereocenters. The van der Waals surface area contributed by atoms with E-state index in [0.717, 1.165) is 12.1 Å². The molecule has 162 valence electrons. The van der Waals surface area contributed by atoms with Gasteiger partial charge in [0.1, 0.15) is 12.4 Å². The quantitative estimate of drug-likeness (QED) is 0.732. The van der Waals surface area contributed by atoms with Crippen molar-refractivity contribution in [1.82, 2.24) is 9.80 Å². The molecule has 2 aromatic rings. The molecule has 0 bridgehead atoms. The van der Waals surface area contributed by atoms with Crippen molar-refractivity contribution in [1.29, 1.82) is 0 Å². The molecule has 2 aliphatic rings. The summed E-state index contributed by atoms with van der Waals surface area (Å²) < 4.78 is 43.4. The zero-order valence-electron chi connectivity index (χ0n) is 16.4. The summed E-state index contributed by atoms with van der Waals surface area (Å²) in [6, 6.07) is 9.10. The minimum absolute atomic E-state index is 0.0369. The fourth-order valence-electron chi connectivity index (χ4n) is 3.69. The molecule has 0 spiro atoms. The van der Waals surface area contributed by atoms with E-state index in [1.165, 1.54) is 17.0 Å². The molecule has 0 aromatic heterocycles. The van der Waals surface area contributed by atoms with E-state index in [-0.39, 0.29) is 49.3 Å². The zero-order valence-corrected chi connectivity index (χ0v) is 16.4. The van der Waals surface area contributed by atoms with Crippen molar-refractivity contribution in [3.63, 3.8) is 0 Å². The Hall–Kier alpha value is -3.36. The highest BCUT2D eigenvalue weighted by Gasteiger charge is 2.31. The van der Waals surface area contributed by atoms with Gasteiger partial charge in [-0.1, -0.05) is 0 Å². The van der Waals surface area contributed by atoms with Crippen LogP contribution in [-0.2, 0) is 17.4 Å². The van der Waals surface area contributed by atoms with Gasteiger partial charge < -0.3 is 14.5 Å². The average Bonchev–Trinajstić information content (AvgIpc) is 2.77. The van der Waals surface area contributed by atoms with Gasteiger partial charge in [0.2, 0.25) is 0 Å². The Balaban J connectivity index is 1.38. The Morgan fingerprint density at radius 2 is 1.39 bits per heavy atom. The minimum atomic E-state index is -4.45. The molecule has 4 rings (SSSR count). The van der Waals surface area contributed by atoms with E-state index in [1.54, 1.807) is 23.1 Å². The number of ether oxygens (including phenoxy) is 1. The van der Waals surface area contributed by atoms with Crippen molar-refractivity contribution in [3.05, 3.63) is 64.7 Å². The van der Waals surface area contributed by atoms with E-state index in [4.69, 9.17) is 4.74 Å². The normalized spacial score (nSPS) is 16.5. The van der Waals surface area contributed by atoms with Gasteiger partial charge in [-0.05, 0) is 42.5 Å². The van der Waals surface area contributed by atoms with Crippen LogP contribution in [0.3, 0.4) is 0 Å². The summed E-state index contributed by atoms with van der Waals surface area (Å²) in [6.07, 6.45) is -4.23. The standard InChI is InChI=1S/C22H19F3N2O4/c23-22(24,25)17-4-1-14(2-5-17)20(29)26-7-9-27(10-8-26)21(30)15-3-6-19-16(11-15)12-18(28)13-31-19/h1-6,11H,7-10,12-13H2. The third-order valence-corrected chi connectivity index (χ3v) is 5.40. The van der Waals surface area contributed by atoms with Crippen LogP contribution in [0, 0.1) is 0 Å². The molecule has 2 aliphatic heterocycles. The van der Waals surface area contributed by atoms with Gasteiger partial charge >= 0.3 is 6.18 Å². The maximum Gasteiger partial charge on any atom is 0.416 e. The number of benzene rings is 2. The Labute approximate surface area is 176 Å². The maximum atomic E-state index is 12.8. The number of carbonyl (C=O) groups excluding carboxylic acids is 3. The van der Waals surface area contributed by atoms with Crippen LogP contribution in [0.15, 0.2) is 42.5 Å². The van der Waals surface area contributed by atoms with Gasteiger partial charge in [0.15, 0.2) is 5.78 Å². The predicted molar refractivity (Wildman–Crippen MR) is 104 cm³/mol. The lowest BCUT2D eigenvalue weighted by atomic mass is 10.0. The SMILES string of the molecule is O=C1COc2ccc(C(=O)N3CCN(C(=O)c4ccc(C(F)(F)F)cc4)CC3)cc2C1. The monoisotopic (exact) mass is 432 g/mol. The Bertz CT molecular complexity index is 1030. The number of alkyl halides is 3. The van der Waals surface area contributed by atoms with Gasteiger partial charge in [0, 0.05) is 49.3 Å². The number of piperazine rings is 1. The number of Topliss-reactive ketones (excluding diaryl/α,β-unsaturated/α-hetero) is 1. The second kappa shape index (κ2) is 8.05. The molecule has 1 saturated heterocycles. The third kappa shape index (κ3) is 4.40. The first-order valence-corrected chi connectivity index (χ1v) is 9.75. The molecule has 2 heterocycles. The fraction of sp³-hybridized carbons (Fsp3) is 0.318. The van der Waals surface area contributed by atoms with Crippen LogP contribution in [0.25, 0.3) is 0 Å². The van der Waals surface area contributed by atoms with Gasteiger partial charge in [0.05, 0.1) is 5.56 Å². The van der Waals surface area contributed by atoms with Crippen LogP contribution in [0.2, 0.25) is 0 Å². The van der Waals surface area contributed by atoms with Crippen molar-refractivity contribution in [2.75, 3.05) is 32.8 Å². The Kier molecular flexibility index (Phi) is 5.43. The average molecular weight is 432 g/mol. The smallest absolute Gasteiger partial charge is 0.416 e. The summed E-state index contributed by atoms with van der Waals surface area (Å²) in [5, 5.41) is 0. The molecule has 9 heteroatoms. The molecule has 2 aromatic carbocycles. The van der Waals surface area contributed by atoms with Crippen LogP contribution >= 0.6 is 0 Å². The topological polar surface area (TPSA) is 66.9 Å². The lowest BCUT2D eigenvalue weighted by Crippen LogP contribution is -2.50.